The highest BCUT2D eigenvalue weighted by Gasteiger charge is 2.19. The summed E-state index contributed by atoms with van der Waals surface area (Å²) in [7, 11) is 0. The molecule has 4 aromatic rings. The Morgan fingerprint density at radius 3 is 2.75 bits per heavy atom. The van der Waals surface area contributed by atoms with E-state index in [0.717, 1.165) is 0 Å². The number of anilines is 2. The van der Waals surface area contributed by atoms with Gasteiger partial charge in [0.1, 0.15) is 0 Å². The number of nitrogens with one attached hydrogen (secondary N) is 3. The van der Waals surface area contributed by atoms with Gasteiger partial charge < -0.3 is 15.2 Å². The Labute approximate surface area is 162 Å². The molecule has 0 saturated carbocycles. The predicted molar refractivity (Wildman–Crippen MR) is 101 cm³/mol. The lowest BCUT2D eigenvalue weighted by molar-refractivity contribution is -0.114. The van der Waals surface area contributed by atoms with Crippen LogP contribution in [0.2, 0.25) is 5.02 Å². The van der Waals surface area contributed by atoms with E-state index in [0.29, 0.717) is 32.9 Å². The van der Waals surface area contributed by atoms with E-state index < -0.39 is 5.91 Å². The summed E-state index contributed by atoms with van der Waals surface area (Å²) in [4.78, 5) is 24.1. The second-order valence-electron chi connectivity index (χ2n) is 5.80. The smallest absolute Gasteiger partial charge is 0.278 e. The van der Waals surface area contributed by atoms with Gasteiger partial charge in [0.25, 0.3) is 5.91 Å². The summed E-state index contributed by atoms with van der Waals surface area (Å²) in [6.07, 6.45) is 0. The third-order valence-corrected chi connectivity index (χ3v) is 4.06. The molecule has 4 rings (SSSR count). The molecular weight excluding hydrogens is 386 g/mol. The minimum absolute atomic E-state index is 0.0659. The van der Waals surface area contributed by atoms with Crippen LogP contribution in [0.4, 0.5) is 11.4 Å². The molecule has 2 aromatic carbocycles. The first-order valence-electron chi connectivity index (χ1n) is 8.03. The molecule has 3 N–H and O–H groups in total. The molecular formula is C17H12ClN7O3. The zero-order valence-electron chi connectivity index (χ0n) is 14.4. The maximum Gasteiger partial charge on any atom is 0.278 e. The number of tetrazole rings is 1. The maximum absolute atomic E-state index is 12.8. The van der Waals surface area contributed by atoms with Gasteiger partial charge in [0, 0.05) is 23.2 Å². The summed E-state index contributed by atoms with van der Waals surface area (Å²) >= 11 is 6.05. The standard InChI is InChI=1S/C17H12ClN7O3/c1-8(26)19-10-3-5-14-12(7-10)15(23-28-14)17(27)20-13-4-2-9(18)6-11(13)16-21-24-25-22-16/h2-7H,1H3,(H,19,26)(H,20,27)(H,21,22,24,25). The fraction of sp³-hybridized carbons (Fsp3) is 0.0588. The van der Waals surface area contributed by atoms with Crippen molar-refractivity contribution in [2.45, 2.75) is 6.92 Å². The van der Waals surface area contributed by atoms with Gasteiger partial charge in [-0.15, -0.1) is 10.2 Å². The molecule has 0 radical (unpaired) electrons. The average Bonchev–Trinajstić information content (AvgIpc) is 3.32. The van der Waals surface area contributed by atoms with Crippen molar-refractivity contribution >= 4 is 45.8 Å². The third kappa shape index (κ3) is 3.40. The number of hydrogen-bond acceptors (Lipinski definition) is 7. The van der Waals surface area contributed by atoms with Gasteiger partial charge in [0.05, 0.1) is 11.1 Å². The van der Waals surface area contributed by atoms with Gasteiger partial charge in [0.15, 0.2) is 11.3 Å². The molecule has 11 heteroatoms. The summed E-state index contributed by atoms with van der Waals surface area (Å²) in [5.41, 5.74) is 1.91. The van der Waals surface area contributed by atoms with Gasteiger partial charge in [-0.1, -0.05) is 16.8 Å². The molecule has 28 heavy (non-hydrogen) atoms. The summed E-state index contributed by atoms with van der Waals surface area (Å²) in [6, 6.07) is 9.75. The largest absolute Gasteiger partial charge is 0.355 e. The van der Waals surface area contributed by atoms with E-state index in [2.05, 4.69) is 36.4 Å². The van der Waals surface area contributed by atoms with Crippen LogP contribution in [0.25, 0.3) is 22.4 Å². The zero-order chi connectivity index (χ0) is 19.7. The molecule has 0 fully saturated rings. The Balaban J connectivity index is 1.69. The second-order valence-corrected chi connectivity index (χ2v) is 6.24. The fourth-order valence-corrected chi connectivity index (χ4v) is 2.82. The predicted octanol–water partition coefficient (Wildman–Crippen LogP) is 2.87. The van der Waals surface area contributed by atoms with Crippen molar-refractivity contribution in [1.29, 1.82) is 0 Å². The normalized spacial score (nSPS) is 10.8. The number of fused-ring (bicyclic) bond motifs is 1. The average molecular weight is 398 g/mol. The Bertz CT molecular complexity index is 1190. The molecule has 0 saturated heterocycles. The van der Waals surface area contributed by atoms with Crippen LogP contribution in [0.1, 0.15) is 17.4 Å². The molecule has 0 aliphatic carbocycles. The van der Waals surface area contributed by atoms with E-state index in [4.69, 9.17) is 16.1 Å². The molecule has 0 aliphatic rings. The first-order chi connectivity index (χ1) is 13.5. The molecule has 0 spiro atoms. The Morgan fingerprint density at radius 1 is 1.14 bits per heavy atom. The van der Waals surface area contributed by atoms with E-state index in [1.54, 1.807) is 36.4 Å². The van der Waals surface area contributed by atoms with Crippen molar-refractivity contribution in [1.82, 2.24) is 25.8 Å². The molecule has 10 nitrogen and oxygen atoms in total. The summed E-state index contributed by atoms with van der Waals surface area (Å²) < 4.78 is 5.21. The number of H-pyrrole nitrogens is 1. The number of amides is 2. The fourth-order valence-electron chi connectivity index (χ4n) is 2.65. The number of carbonyl (C=O) groups excluding carboxylic acids is 2. The third-order valence-electron chi connectivity index (χ3n) is 3.82. The lowest BCUT2D eigenvalue weighted by atomic mass is 10.1. The molecule has 2 heterocycles. The topological polar surface area (TPSA) is 139 Å². The molecule has 2 amide bonds. The van der Waals surface area contributed by atoms with Crippen molar-refractivity contribution in [2.75, 3.05) is 10.6 Å². The second kappa shape index (κ2) is 7.08. The van der Waals surface area contributed by atoms with E-state index >= 15 is 0 Å². The van der Waals surface area contributed by atoms with E-state index in [1.165, 1.54) is 6.92 Å². The molecule has 140 valence electrons. The summed E-state index contributed by atoms with van der Waals surface area (Å²) in [5.74, 6) is -0.464. The number of aromatic amines is 1. The number of benzene rings is 2. The molecule has 0 aliphatic heterocycles. The Kier molecular flexibility index (Phi) is 4.45. The molecule has 0 atom stereocenters. The summed E-state index contributed by atoms with van der Waals surface area (Å²) in [6.45, 7) is 1.39. The summed E-state index contributed by atoms with van der Waals surface area (Å²) in [5, 5.41) is 23.9. The van der Waals surface area contributed by atoms with Gasteiger partial charge in [-0.05, 0) is 41.6 Å². The van der Waals surface area contributed by atoms with Crippen LogP contribution in [0.5, 0.6) is 0 Å². The number of rotatable bonds is 4. The highest BCUT2D eigenvalue weighted by Crippen LogP contribution is 2.29. The van der Waals surface area contributed by atoms with Gasteiger partial charge in [0.2, 0.25) is 11.7 Å². The monoisotopic (exact) mass is 397 g/mol. The van der Waals surface area contributed by atoms with Gasteiger partial charge in [-0.3, -0.25) is 9.59 Å². The lowest BCUT2D eigenvalue weighted by Gasteiger charge is -2.08. The van der Waals surface area contributed by atoms with Crippen LogP contribution >= 0.6 is 11.6 Å². The minimum atomic E-state index is -0.509. The molecule has 0 bridgehead atoms. The number of halogens is 1. The number of nitrogens with zero attached hydrogens (tertiary/aromatic N) is 4. The van der Waals surface area contributed by atoms with Gasteiger partial charge >= 0.3 is 0 Å². The van der Waals surface area contributed by atoms with Crippen LogP contribution in [0, 0.1) is 0 Å². The van der Waals surface area contributed by atoms with Crippen molar-refractivity contribution in [3.63, 3.8) is 0 Å². The van der Waals surface area contributed by atoms with Gasteiger partial charge in [-0.25, -0.2) is 0 Å². The lowest BCUT2D eigenvalue weighted by Crippen LogP contribution is -2.13. The van der Waals surface area contributed by atoms with Gasteiger partial charge in [-0.2, -0.15) is 5.21 Å². The van der Waals surface area contributed by atoms with Crippen molar-refractivity contribution in [3.05, 3.63) is 47.1 Å². The van der Waals surface area contributed by atoms with Crippen LogP contribution in [-0.2, 0) is 4.79 Å². The van der Waals surface area contributed by atoms with Crippen LogP contribution < -0.4 is 10.6 Å². The van der Waals surface area contributed by atoms with Crippen molar-refractivity contribution in [3.8, 4) is 11.4 Å². The molecule has 0 unspecified atom stereocenters. The molecule has 2 aromatic heterocycles. The highest BCUT2D eigenvalue weighted by atomic mass is 35.5. The number of carbonyl (C=O) groups is 2. The zero-order valence-corrected chi connectivity index (χ0v) is 15.1. The minimum Gasteiger partial charge on any atom is -0.355 e. The highest BCUT2D eigenvalue weighted by molar-refractivity contribution is 6.31. The SMILES string of the molecule is CC(=O)Nc1ccc2onc(C(=O)Nc3ccc(Cl)cc3-c3nn[nH]n3)c2c1. The van der Waals surface area contributed by atoms with Crippen LogP contribution in [0.15, 0.2) is 40.9 Å². The first kappa shape index (κ1) is 17.6. The Hall–Kier alpha value is -3.79. The van der Waals surface area contributed by atoms with Crippen molar-refractivity contribution < 1.29 is 14.1 Å². The van der Waals surface area contributed by atoms with Crippen molar-refractivity contribution in [2.24, 2.45) is 0 Å². The number of hydrogen-bond donors (Lipinski definition) is 3. The van der Waals surface area contributed by atoms with E-state index in [1.807, 2.05) is 0 Å². The Morgan fingerprint density at radius 2 is 2.00 bits per heavy atom. The van der Waals surface area contributed by atoms with E-state index in [-0.39, 0.29) is 17.4 Å². The van der Waals surface area contributed by atoms with E-state index in [9.17, 15) is 9.59 Å². The first-order valence-corrected chi connectivity index (χ1v) is 8.41. The van der Waals surface area contributed by atoms with Crippen LogP contribution in [0.3, 0.4) is 0 Å². The number of aromatic nitrogens is 5. The maximum atomic E-state index is 12.8. The quantitative estimate of drug-likeness (QED) is 0.481. The van der Waals surface area contributed by atoms with Crippen LogP contribution in [-0.4, -0.2) is 37.6 Å².